The van der Waals surface area contributed by atoms with Crippen molar-refractivity contribution in [3.8, 4) is 11.6 Å². The standard InChI is InChI=1S/C18H20N6O2/c1-13-7-10-24(23-13)17-11-16(21-12-22-17)19-8-9-20-18(25)14-5-3-4-6-15(14)26-2/h3-7,10-12H,8-9H2,1-2H3,(H,20,25)(H,19,21,22). The van der Waals surface area contributed by atoms with Crippen LogP contribution in [-0.2, 0) is 0 Å². The Kier molecular flexibility index (Phi) is 5.43. The van der Waals surface area contributed by atoms with Crippen molar-refractivity contribution in [2.75, 3.05) is 25.5 Å². The first-order valence-corrected chi connectivity index (χ1v) is 8.17. The van der Waals surface area contributed by atoms with Crippen LogP contribution in [0.25, 0.3) is 5.82 Å². The number of hydrogen-bond acceptors (Lipinski definition) is 6. The van der Waals surface area contributed by atoms with Gasteiger partial charge in [0, 0.05) is 25.4 Å². The SMILES string of the molecule is COc1ccccc1C(=O)NCCNc1cc(-n2ccc(C)n2)ncn1. The highest BCUT2D eigenvalue weighted by Gasteiger charge is 2.10. The molecule has 0 aliphatic rings. The molecular formula is C18H20N6O2. The molecule has 0 radical (unpaired) electrons. The third-order valence-electron chi connectivity index (χ3n) is 3.68. The molecule has 3 rings (SSSR count). The number of rotatable bonds is 7. The largest absolute Gasteiger partial charge is 0.496 e. The molecule has 0 unspecified atom stereocenters. The highest BCUT2D eigenvalue weighted by molar-refractivity contribution is 5.96. The summed E-state index contributed by atoms with van der Waals surface area (Å²) >= 11 is 0. The first kappa shape index (κ1) is 17.4. The Morgan fingerprint density at radius 2 is 2.04 bits per heavy atom. The van der Waals surface area contributed by atoms with Crippen LogP contribution in [0.4, 0.5) is 5.82 Å². The quantitative estimate of drug-likeness (QED) is 0.630. The van der Waals surface area contributed by atoms with Gasteiger partial charge >= 0.3 is 0 Å². The number of carbonyl (C=O) groups excluding carboxylic acids is 1. The first-order valence-electron chi connectivity index (χ1n) is 8.17. The van der Waals surface area contributed by atoms with Crippen LogP contribution in [0.15, 0.2) is 48.9 Å². The van der Waals surface area contributed by atoms with Crippen molar-refractivity contribution in [2.45, 2.75) is 6.92 Å². The molecule has 0 spiro atoms. The van der Waals surface area contributed by atoms with Crippen molar-refractivity contribution >= 4 is 11.7 Å². The van der Waals surface area contributed by atoms with Crippen LogP contribution in [0.1, 0.15) is 16.1 Å². The van der Waals surface area contributed by atoms with Gasteiger partial charge in [-0.2, -0.15) is 5.10 Å². The van der Waals surface area contributed by atoms with Crippen molar-refractivity contribution in [1.82, 2.24) is 25.1 Å². The fourth-order valence-corrected chi connectivity index (χ4v) is 2.41. The van der Waals surface area contributed by atoms with Crippen LogP contribution in [0, 0.1) is 6.92 Å². The van der Waals surface area contributed by atoms with Crippen LogP contribution in [-0.4, -0.2) is 45.9 Å². The van der Waals surface area contributed by atoms with Crippen LogP contribution in [0.2, 0.25) is 0 Å². The zero-order valence-electron chi connectivity index (χ0n) is 14.6. The van der Waals surface area contributed by atoms with E-state index in [1.165, 1.54) is 6.33 Å². The van der Waals surface area contributed by atoms with Gasteiger partial charge in [0.15, 0.2) is 5.82 Å². The van der Waals surface area contributed by atoms with E-state index in [2.05, 4.69) is 25.7 Å². The molecule has 0 aliphatic carbocycles. The van der Waals surface area contributed by atoms with Crippen molar-refractivity contribution in [3.05, 3.63) is 60.2 Å². The fourth-order valence-electron chi connectivity index (χ4n) is 2.41. The Morgan fingerprint density at radius 3 is 2.81 bits per heavy atom. The highest BCUT2D eigenvalue weighted by atomic mass is 16.5. The molecular weight excluding hydrogens is 332 g/mol. The lowest BCUT2D eigenvalue weighted by atomic mass is 10.2. The predicted octanol–water partition coefficient (Wildman–Crippen LogP) is 1.82. The van der Waals surface area contributed by atoms with Crippen molar-refractivity contribution < 1.29 is 9.53 Å². The zero-order valence-corrected chi connectivity index (χ0v) is 14.6. The lowest BCUT2D eigenvalue weighted by Crippen LogP contribution is -2.29. The van der Waals surface area contributed by atoms with Gasteiger partial charge in [0.1, 0.15) is 17.9 Å². The summed E-state index contributed by atoms with van der Waals surface area (Å²) < 4.78 is 6.88. The molecule has 134 valence electrons. The molecule has 0 saturated carbocycles. The van der Waals surface area contributed by atoms with Gasteiger partial charge in [-0.1, -0.05) is 12.1 Å². The van der Waals surface area contributed by atoms with Crippen LogP contribution >= 0.6 is 0 Å². The van der Waals surface area contributed by atoms with Crippen LogP contribution in [0.5, 0.6) is 5.75 Å². The molecule has 0 bridgehead atoms. The van der Waals surface area contributed by atoms with Gasteiger partial charge in [0.2, 0.25) is 0 Å². The fraction of sp³-hybridized carbons (Fsp3) is 0.222. The Balaban J connectivity index is 1.53. The number of carbonyl (C=O) groups is 1. The van der Waals surface area contributed by atoms with Gasteiger partial charge < -0.3 is 15.4 Å². The van der Waals surface area contributed by atoms with Crippen LogP contribution in [0.3, 0.4) is 0 Å². The second-order valence-electron chi connectivity index (χ2n) is 5.55. The summed E-state index contributed by atoms with van der Waals surface area (Å²) in [6, 6.07) is 10.8. The minimum Gasteiger partial charge on any atom is -0.496 e. The number of amides is 1. The third kappa shape index (κ3) is 4.15. The number of hydrogen-bond donors (Lipinski definition) is 2. The van der Waals surface area contributed by atoms with Crippen LogP contribution < -0.4 is 15.4 Å². The van der Waals surface area contributed by atoms with E-state index in [-0.39, 0.29) is 5.91 Å². The number of aryl methyl sites for hydroxylation is 1. The maximum absolute atomic E-state index is 12.2. The number of anilines is 1. The van der Waals surface area contributed by atoms with Crippen molar-refractivity contribution in [2.24, 2.45) is 0 Å². The molecule has 8 nitrogen and oxygen atoms in total. The number of benzene rings is 1. The molecule has 2 aromatic heterocycles. The summed E-state index contributed by atoms with van der Waals surface area (Å²) in [5.74, 6) is 1.70. The summed E-state index contributed by atoms with van der Waals surface area (Å²) in [5, 5.41) is 10.3. The molecule has 2 heterocycles. The molecule has 0 saturated heterocycles. The lowest BCUT2D eigenvalue weighted by molar-refractivity contribution is 0.0952. The molecule has 0 atom stereocenters. The van der Waals surface area contributed by atoms with E-state index in [9.17, 15) is 4.79 Å². The minimum atomic E-state index is -0.181. The normalized spacial score (nSPS) is 10.4. The number of para-hydroxylation sites is 1. The molecule has 2 N–H and O–H groups in total. The summed E-state index contributed by atoms with van der Waals surface area (Å²) in [4.78, 5) is 20.6. The van der Waals surface area contributed by atoms with E-state index < -0.39 is 0 Å². The number of methoxy groups -OCH3 is 1. The Bertz CT molecular complexity index is 893. The lowest BCUT2D eigenvalue weighted by Gasteiger charge is -2.10. The van der Waals surface area contributed by atoms with Gasteiger partial charge in [0.05, 0.1) is 18.4 Å². The van der Waals surface area contributed by atoms with E-state index in [4.69, 9.17) is 4.74 Å². The van der Waals surface area contributed by atoms with Gasteiger partial charge in [-0.05, 0) is 25.1 Å². The summed E-state index contributed by atoms with van der Waals surface area (Å²) in [6.45, 7) is 2.88. The maximum Gasteiger partial charge on any atom is 0.255 e. The van der Waals surface area contributed by atoms with E-state index in [0.717, 1.165) is 5.69 Å². The monoisotopic (exact) mass is 352 g/mol. The smallest absolute Gasteiger partial charge is 0.255 e. The number of aromatic nitrogens is 4. The number of nitrogens with zero attached hydrogens (tertiary/aromatic N) is 4. The molecule has 1 amide bonds. The highest BCUT2D eigenvalue weighted by Crippen LogP contribution is 2.16. The summed E-state index contributed by atoms with van der Waals surface area (Å²) in [7, 11) is 1.54. The summed E-state index contributed by atoms with van der Waals surface area (Å²) in [5.41, 5.74) is 1.42. The molecule has 0 fully saturated rings. The van der Waals surface area contributed by atoms with E-state index >= 15 is 0 Å². The molecule has 1 aromatic carbocycles. The predicted molar refractivity (Wildman–Crippen MR) is 97.7 cm³/mol. The molecule has 8 heteroatoms. The van der Waals surface area contributed by atoms with E-state index in [1.54, 1.807) is 36.1 Å². The third-order valence-corrected chi connectivity index (χ3v) is 3.68. The Hall–Kier alpha value is -3.42. The van der Waals surface area contributed by atoms with E-state index in [0.29, 0.717) is 36.0 Å². The topological polar surface area (TPSA) is 94.0 Å². The number of nitrogens with one attached hydrogen (secondary N) is 2. The molecule has 3 aromatic rings. The summed E-state index contributed by atoms with van der Waals surface area (Å²) in [6.07, 6.45) is 3.32. The van der Waals surface area contributed by atoms with Gasteiger partial charge in [-0.25, -0.2) is 14.6 Å². The first-order chi connectivity index (χ1) is 12.7. The average Bonchev–Trinajstić information content (AvgIpc) is 3.11. The molecule has 0 aliphatic heterocycles. The Labute approximate surface area is 151 Å². The minimum absolute atomic E-state index is 0.181. The second kappa shape index (κ2) is 8.11. The maximum atomic E-state index is 12.2. The van der Waals surface area contributed by atoms with Crippen molar-refractivity contribution in [3.63, 3.8) is 0 Å². The zero-order chi connectivity index (χ0) is 18.4. The Morgan fingerprint density at radius 1 is 1.19 bits per heavy atom. The second-order valence-corrected chi connectivity index (χ2v) is 5.55. The van der Waals surface area contributed by atoms with Crippen molar-refractivity contribution in [1.29, 1.82) is 0 Å². The number of ether oxygens (including phenoxy) is 1. The van der Waals surface area contributed by atoms with Gasteiger partial charge in [-0.3, -0.25) is 4.79 Å². The van der Waals surface area contributed by atoms with Gasteiger partial charge in [-0.15, -0.1) is 0 Å². The van der Waals surface area contributed by atoms with Gasteiger partial charge in [0.25, 0.3) is 5.91 Å². The average molecular weight is 352 g/mol. The molecule has 26 heavy (non-hydrogen) atoms. The van der Waals surface area contributed by atoms with E-state index in [1.807, 2.05) is 25.3 Å².